The Balaban J connectivity index is 1.42. The molecule has 6 nitrogen and oxygen atoms in total. The number of aromatic nitrogens is 2. The van der Waals surface area contributed by atoms with Crippen LogP contribution in [0, 0.1) is 0 Å². The highest BCUT2D eigenvalue weighted by atomic mass is 35.5. The normalized spacial score (nSPS) is 14.2. The van der Waals surface area contributed by atoms with Crippen molar-refractivity contribution in [3.8, 4) is 0 Å². The summed E-state index contributed by atoms with van der Waals surface area (Å²) in [7, 11) is 0. The van der Waals surface area contributed by atoms with E-state index >= 15 is 0 Å². The average molecular weight is 471 g/mol. The van der Waals surface area contributed by atoms with Crippen LogP contribution in [0.5, 0.6) is 0 Å². The number of fused-ring (bicyclic) bond motifs is 1. The van der Waals surface area contributed by atoms with Gasteiger partial charge in [-0.3, -0.25) is 14.2 Å². The summed E-state index contributed by atoms with van der Waals surface area (Å²) in [6, 6.07) is 15.2. The third-order valence-electron chi connectivity index (χ3n) is 5.69. The summed E-state index contributed by atoms with van der Waals surface area (Å²) >= 11 is 7.47. The van der Waals surface area contributed by atoms with E-state index in [4.69, 9.17) is 16.6 Å². The highest BCUT2D eigenvalue weighted by Gasteiger charge is 2.22. The fourth-order valence-corrected chi connectivity index (χ4v) is 4.99. The summed E-state index contributed by atoms with van der Waals surface area (Å²) in [5, 5.41) is 1.96. The lowest BCUT2D eigenvalue weighted by molar-refractivity contribution is -0.128. The summed E-state index contributed by atoms with van der Waals surface area (Å²) in [6.07, 6.45) is 1.88. The van der Waals surface area contributed by atoms with Gasteiger partial charge in [0.1, 0.15) is 0 Å². The molecule has 0 atom stereocenters. The van der Waals surface area contributed by atoms with Crippen molar-refractivity contribution in [2.24, 2.45) is 0 Å². The number of piperazine rings is 1. The molecule has 0 bridgehead atoms. The minimum Gasteiger partial charge on any atom is -0.368 e. The molecule has 1 aliphatic rings. The van der Waals surface area contributed by atoms with Crippen LogP contribution in [0.1, 0.15) is 19.8 Å². The molecule has 1 fully saturated rings. The predicted molar refractivity (Wildman–Crippen MR) is 132 cm³/mol. The fourth-order valence-electron chi connectivity index (χ4n) is 3.88. The zero-order valence-corrected chi connectivity index (χ0v) is 19.7. The number of unbranched alkanes of at least 4 members (excludes halogenated alkanes) is 1. The van der Waals surface area contributed by atoms with Gasteiger partial charge in [-0.15, -0.1) is 0 Å². The van der Waals surface area contributed by atoms with Crippen molar-refractivity contribution in [1.29, 1.82) is 0 Å². The van der Waals surface area contributed by atoms with Gasteiger partial charge in [0.25, 0.3) is 5.56 Å². The van der Waals surface area contributed by atoms with E-state index < -0.39 is 0 Å². The minimum absolute atomic E-state index is 0.0332. The van der Waals surface area contributed by atoms with E-state index in [1.807, 2.05) is 53.4 Å². The minimum atomic E-state index is -0.0332. The third-order valence-corrected chi connectivity index (χ3v) is 6.89. The van der Waals surface area contributed by atoms with Gasteiger partial charge >= 0.3 is 0 Å². The molecular weight excluding hydrogens is 444 g/mol. The lowest BCUT2D eigenvalue weighted by atomic mass is 10.2. The Morgan fingerprint density at radius 2 is 1.88 bits per heavy atom. The number of hydrogen-bond donors (Lipinski definition) is 0. The Labute approximate surface area is 197 Å². The molecule has 32 heavy (non-hydrogen) atoms. The molecule has 1 amide bonds. The summed E-state index contributed by atoms with van der Waals surface area (Å²) < 4.78 is 1.72. The first-order valence-electron chi connectivity index (χ1n) is 11.0. The zero-order valence-electron chi connectivity index (χ0n) is 18.2. The smallest absolute Gasteiger partial charge is 0.262 e. The second-order valence-corrected chi connectivity index (χ2v) is 9.24. The molecule has 1 aromatic heterocycles. The van der Waals surface area contributed by atoms with Gasteiger partial charge in [-0.1, -0.05) is 54.9 Å². The molecule has 3 aromatic rings. The quantitative estimate of drug-likeness (QED) is 0.381. The maximum Gasteiger partial charge on any atom is 0.262 e. The van der Waals surface area contributed by atoms with E-state index in [9.17, 15) is 9.59 Å². The van der Waals surface area contributed by atoms with Crippen molar-refractivity contribution in [2.45, 2.75) is 31.5 Å². The molecule has 1 aliphatic heterocycles. The number of rotatable bonds is 7. The molecule has 2 aromatic carbocycles. The first-order chi connectivity index (χ1) is 15.6. The van der Waals surface area contributed by atoms with Crippen molar-refractivity contribution >= 4 is 45.9 Å². The molecule has 168 valence electrons. The summed E-state index contributed by atoms with van der Waals surface area (Å²) in [6.45, 7) is 5.58. The highest BCUT2D eigenvalue weighted by Crippen LogP contribution is 2.22. The van der Waals surface area contributed by atoms with Crippen molar-refractivity contribution in [2.75, 3.05) is 36.8 Å². The van der Waals surface area contributed by atoms with Gasteiger partial charge in [0.2, 0.25) is 5.91 Å². The van der Waals surface area contributed by atoms with Crippen LogP contribution in [-0.2, 0) is 11.3 Å². The Bertz CT molecular complexity index is 1160. The molecule has 1 saturated heterocycles. The molecule has 0 saturated carbocycles. The lowest BCUT2D eigenvalue weighted by Crippen LogP contribution is -2.49. The predicted octanol–water partition coefficient (Wildman–Crippen LogP) is 4.29. The number of benzene rings is 2. The number of carbonyl (C=O) groups is 1. The SMILES string of the molecule is CCCCn1c(SCC(=O)N2CCN(c3cccc(Cl)c3)CC2)nc2ccccc2c1=O. The van der Waals surface area contributed by atoms with Crippen LogP contribution in [-0.4, -0.2) is 52.3 Å². The van der Waals surface area contributed by atoms with E-state index in [1.54, 1.807) is 4.57 Å². The van der Waals surface area contributed by atoms with Crippen LogP contribution >= 0.6 is 23.4 Å². The van der Waals surface area contributed by atoms with Gasteiger partial charge in [-0.05, 0) is 36.8 Å². The van der Waals surface area contributed by atoms with Crippen LogP contribution in [0.4, 0.5) is 5.69 Å². The van der Waals surface area contributed by atoms with E-state index in [0.29, 0.717) is 35.7 Å². The van der Waals surface area contributed by atoms with Gasteiger partial charge < -0.3 is 9.80 Å². The van der Waals surface area contributed by atoms with Crippen molar-refractivity contribution in [3.05, 3.63) is 63.9 Å². The fraction of sp³-hybridized carbons (Fsp3) is 0.375. The van der Waals surface area contributed by atoms with Crippen LogP contribution in [0.25, 0.3) is 10.9 Å². The number of amides is 1. The first-order valence-corrected chi connectivity index (χ1v) is 12.3. The van der Waals surface area contributed by atoms with Crippen LogP contribution in [0.15, 0.2) is 58.5 Å². The second kappa shape index (κ2) is 10.4. The molecule has 0 spiro atoms. The van der Waals surface area contributed by atoms with Gasteiger partial charge in [0.05, 0.1) is 16.7 Å². The lowest BCUT2D eigenvalue weighted by Gasteiger charge is -2.36. The van der Waals surface area contributed by atoms with E-state index in [-0.39, 0.29) is 17.2 Å². The number of carbonyl (C=O) groups excluding carboxylic acids is 1. The standard InChI is InChI=1S/C24H27ClN4O2S/c1-2-3-11-29-23(31)20-9-4-5-10-21(20)26-24(29)32-17-22(30)28-14-12-27(13-15-28)19-8-6-7-18(25)16-19/h4-10,16H,2-3,11-15,17H2,1H3. The van der Waals surface area contributed by atoms with Gasteiger partial charge in [0, 0.05) is 43.4 Å². The van der Waals surface area contributed by atoms with Gasteiger partial charge in [-0.25, -0.2) is 4.98 Å². The zero-order chi connectivity index (χ0) is 22.5. The van der Waals surface area contributed by atoms with E-state index in [2.05, 4.69) is 11.8 Å². The Kier molecular flexibility index (Phi) is 7.37. The monoisotopic (exact) mass is 470 g/mol. The molecule has 0 N–H and O–H groups in total. The number of anilines is 1. The maximum absolute atomic E-state index is 13.0. The third kappa shape index (κ3) is 5.10. The molecule has 0 unspecified atom stereocenters. The van der Waals surface area contributed by atoms with Crippen molar-refractivity contribution in [3.63, 3.8) is 0 Å². The molecule has 0 aliphatic carbocycles. The maximum atomic E-state index is 13.0. The van der Waals surface area contributed by atoms with Crippen LogP contribution in [0.3, 0.4) is 0 Å². The van der Waals surface area contributed by atoms with E-state index in [1.165, 1.54) is 11.8 Å². The first kappa shape index (κ1) is 22.7. The molecular formula is C24H27ClN4O2S. The largest absolute Gasteiger partial charge is 0.368 e. The van der Waals surface area contributed by atoms with Crippen molar-refractivity contribution in [1.82, 2.24) is 14.5 Å². The summed E-state index contributed by atoms with van der Waals surface area (Å²) in [5.41, 5.74) is 1.73. The van der Waals surface area contributed by atoms with Gasteiger partial charge in [0.15, 0.2) is 5.16 Å². The topological polar surface area (TPSA) is 58.4 Å². The van der Waals surface area contributed by atoms with Crippen LogP contribution in [0.2, 0.25) is 5.02 Å². The average Bonchev–Trinajstić information content (AvgIpc) is 2.82. The number of hydrogen-bond acceptors (Lipinski definition) is 5. The number of thioether (sulfide) groups is 1. The Morgan fingerprint density at radius 1 is 1.09 bits per heavy atom. The van der Waals surface area contributed by atoms with Gasteiger partial charge in [-0.2, -0.15) is 0 Å². The van der Waals surface area contributed by atoms with Crippen LogP contribution < -0.4 is 10.5 Å². The number of halogens is 1. The number of nitrogens with zero attached hydrogens (tertiary/aromatic N) is 4. The Morgan fingerprint density at radius 3 is 2.62 bits per heavy atom. The summed E-state index contributed by atoms with van der Waals surface area (Å²) in [5.74, 6) is 0.346. The molecule has 0 radical (unpaired) electrons. The molecule has 4 rings (SSSR count). The molecule has 8 heteroatoms. The second-order valence-electron chi connectivity index (χ2n) is 7.86. The van der Waals surface area contributed by atoms with Crippen molar-refractivity contribution < 1.29 is 4.79 Å². The molecule has 2 heterocycles. The summed E-state index contributed by atoms with van der Waals surface area (Å²) in [4.78, 5) is 34.7. The van der Waals surface area contributed by atoms with E-state index in [0.717, 1.165) is 36.6 Å². The number of para-hydroxylation sites is 1. The Hall–Kier alpha value is -2.51. The highest BCUT2D eigenvalue weighted by molar-refractivity contribution is 7.99.